The van der Waals surface area contributed by atoms with Crippen molar-refractivity contribution in [2.24, 2.45) is 0 Å². The number of aromatic nitrogens is 3. The number of aromatic hydroxyl groups is 1. The minimum Gasteiger partial charge on any atom is -0.504 e. The molecule has 192 valence electrons. The number of amides is 1. The monoisotopic (exact) mass is 548 g/mol. The van der Waals surface area contributed by atoms with Gasteiger partial charge in [-0.25, -0.2) is 9.97 Å². The number of halogens is 4. The van der Waals surface area contributed by atoms with Crippen molar-refractivity contribution in [2.75, 3.05) is 5.32 Å². The number of benzene rings is 2. The SMILES string of the molecule is Cc1ccc(NC(=O)c2cc(Cl)c(O)c(Cl)n2)c2c(=O)n(Cc3ccccc3OC(C)(F)F)c(C)nc12. The Labute approximate surface area is 219 Å². The van der Waals surface area contributed by atoms with Gasteiger partial charge in [-0.2, -0.15) is 8.78 Å². The summed E-state index contributed by atoms with van der Waals surface area (Å²) in [5.74, 6) is -0.940. The molecule has 4 rings (SSSR count). The number of hydrogen-bond donors (Lipinski definition) is 2. The lowest BCUT2D eigenvalue weighted by Gasteiger charge is -2.18. The molecule has 0 spiro atoms. The largest absolute Gasteiger partial charge is 0.504 e. The molecular weight excluding hydrogens is 529 g/mol. The first-order valence-electron chi connectivity index (χ1n) is 10.9. The maximum Gasteiger partial charge on any atom is 0.394 e. The maximum absolute atomic E-state index is 13.7. The number of aryl methyl sites for hydroxylation is 2. The summed E-state index contributed by atoms with van der Waals surface area (Å²) in [4.78, 5) is 35.0. The van der Waals surface area contributed by atoms with Crippen molar-refractivity contribution in [3.63, 3.8) is 0 Å². The van der Waals surface area contributed by atoms with Crippen LogP contribution in [0.2, 0.25) is 10.2 Å². The number of nitrogens with zero attached hydrogens (tertiary/aromatic N) is 3. The predicted octanol–water partition coefficient (Wildman–Crippen LogP) is 5.71. The molecule has 8 nitrogen and oxygen atoms in total. The summed E-state index contributed by atoms with van der Waals surface area (Å²) in [5, 5.41) is 11.9. The van der Waals surface area contributed by atoms with E-state index in [1.807, 2.05) is 0 Å². The van der Waals surface area contributed by atoms with Gasteiger partial charge in [0.05, 0.1) is 28.2 Å². The summed E-state index contributed by atoms with van der Waals surface area (Å²) in [6, 6.07) is 10.5. The molecule has 0 saturated heterocycles. The average molecular weight is 549 g/mol. The van der Waals surface area contributed by atoms with Gasteiger partial charge in [-0.3, -0.25) is 14.2 Å². The van der Waals surface area contributed by atoms with Crippen LogP contribution in [0.5, 0.6) is 11.5 Å². The highest BCUT2D eigenvalue weighted by Gasteiger charge is 2.25. The number of rotatable bonds is 6. The second kappa shape index (κ2) is 9.95. The zero-order valence-electron chi connectivity index (χ0n) is 19.8. The van der Waals surface area contributed by atoms with E-state index in [1.165, 1.54) is 16.7 Å². The van der Waals surface area contributed by atoms with E-state index in [0.29, 0.717) is 29.4 Å². The molecule has 0 bridgehead atoms. The Balaban J connectivity index is 1.80. The Morgan fingerprint density at radius 1 is 1.16 bits per heavy atom. The van der Waals surface area contributed by atoms with Crippen LogP contribution < -0.4 is 15.6 Å². The fraction of sp³-hybridized carbons (Fsp3) is 0.200. The van der Waals surface area contributed by atoms with Crippen molar-refractivity contribution in [3.8, 4) is 11.5 Å². The number of hydrogen-bond acceptors (Lipinski definition) is 6. The number of fused-ring (bicyclic) bond motifs is 1. The summed E-state index contributed by atoms with van der Waals surface area (Å²) in [5.41, 5.74) is 0.831. The Hall–Kier alpha value is -3.76. The van der Waals surface area contributed by atoms with E-state index >= 15 is 0 Å². The van der Waals surface area contributed by atoms with Gasteiger partial charge in [0.15, 0.2) is 10.9 Å². The number of anilines is 1. The van der Waals surface area contributed by atoms with Crippen molar-refractivity contribution in [3.05, 3.63) is 85.6 Å². The molecule has 2 aromatic carbocycles. The number of pyridine rings is 1. The first-order valence-corrected chi connectivity index (χ1v) is 11.6. The summed E-state index contributed by atoms with van der Waals surface area (Å²) >= 11 is 11.7. The maximum atomic E-state index is 13.7. The number of carbonyl (C=O) groups excluding carboxylic acids is 1. The van der Waals surface area contributed by atoms with Crippen molar-refractivity contribution < 1.29 is 23.4 Å². The second-order valence-electron chi connectivity index (χ2n) is 8.30. The normalized spacial score (nSPS) is 11.5. The number of nitrogens with one attached hydrogen (secondary N) is 1. The third-order valence-corrected chi connectivity index (χ3v) is 6.03. The summed E-state index contributed by atoms with van der Waals surface area (Å²) in [6.07, 6.45) is -3.42. The zero-order valence-corrected chi connectivity index (χ0v) is 21.3. The van der Waals surface area contributed by atoms with E-state index < -0.39 is 23.3 Å². The Morgan fingerprint density at radius 3 is 2.54 bits per heavy atom. The highest BCUT2D eigenvalue weighted by Crippen LogP contribution is 2.31. The molecule has 0 unspecified atom stereocenters. The number of carbonyl (C=O) groups is 1. The smallest absolute Gasteiger partial charge is 0.394 e. The molecule has 0 saturated carbocycles. The van der Waals surface area contributed by atoms with Crippen molar-refractivity contribution in [1.82, 2.24) is 14.5 Å². The fourth-order valence-electron chi connectivity index (χ4n) is 3.73. The van der Waals surface area contributed by atoms with Gasteiger partial charge >= 0.3 is 6.11 Å². The van der Waals surface area contributed by atoms with Crippen molar-refractivity contribution in [1.29, 1.82) is 0 Å². The van der Waals surface area contributed by atoms with Gasteiger partial charge < -0.3 is 15.2 Å². The van der Waals surface area contributed by atoms with Crippen LogP contribution in [0.4, 0.5) is 14.5 Å². The minimum absolute atomic E-state index is 0.0775. The van der Waals surface area contributed by atoms with Gasteiger partial charge in [-0.05, 0) is 37.6 Å². The van der Waals surface area contributed by atoms with Crippen LogP contribution in [0.1, 0.15) is 34.4 Å². The number of alkyl halides is 2. The van der Waals surface area contributed by atoms with Crippen LogP contribution in [-0.2, 0) is 6.54 Å². The Bertz CT molecular complexity index is 1580. The standard InChI is InChI=1S/C25H20Cl2F2N4O4/c1-12-8-9-16(32-23(35)17-10-15(26)21(34)22(27)31-17)19-20(12)30-13(2)33(24(19)36)11-14-6-4-5-7-18(14)37-25(3,28)29/h4-10,34H,11H2,1-3H3,(H,32,35). The quantitative estimate of drug-likeness (QED) is 0.299. The van der Waals surface area contributed by atoms with Crippen LogP contribution in [-0.4, -0.2) is 31.7 Å². The molecule has 0 radical (unpaired) electrons. The van der Waals surface area contributed by atoms with E-state index in [-0.39, 0.29) is 39.2 Å². The van der Waals surface area contributed by atoms with E-state index in [1.54, 1.807) is 38.1 Å². The molecular formula is C25H20Cl2F2N4O4. The van der Waals surface area contributed by atoms with E-state index in [2.05, 4.69) is 15.3 Å². The third-order valence-electron chi connectivity index (χ3n) is 5.48. The molecule has 0 aliphatic heterocycles. The van der Waals surface area contributed by atoms with Gasteiger partial charge in [-0.15, -0.1) is 0 Å². The molecule has 0 aliphatic carbocycles. The molecule has 0 aliphatic rings. The van der Waals surface area contributed by atoms with Crippen molar-refractivity contribution >= 4 is 45.7 Å². The molecule has 37 heavy (non-hydrogen) atoms. The molecule has 1 amide bonds. The number of ether oxygens (including phenoxy) is 1. The Morgan fingerprint density at radius 2 is 1.86 bits per heavy atom. The van der Waals surface area contributed by atoms with Crippen LogP contribution in [0.25, 0.3) is 10.9 Å². The summed E-state index contributed by atoms with van der Waals surface area (Å²) in [7, 11) is 0. The van der Waals surface area contributed by atoms with Gasteiger partial charge in [0.2, 0.25) is 0 Å². The first-order chi connectivity index (χ1) is 17.4. The lowest BCUT2D eigenvalue weighted by molar-refractivity contribution is -0.159. The lowest BCUT2D eigenvalue weighted by atomic mass is 10.1. The van der Waals surface area contributed by atoms with Gasteiger partial charge in [-0.1, -0.05) is 47.5 Å². The van der Waals surface area contributed by atoms with E-state index in [9.17, 15) is 23.5 Å². The predicted molar refractivity (Wildman–Crippen MR) is 136 cm³/mol. The van der Waals surface area contributed by atoms with Crippen molar-refractivity contribution in [2.45, 2.75) is 33.4 Å². The molecule has 12 heteroatoms. The highest BCUT2D eigenvalue weighted by atomic mass is 35.5. The van der Waals surface area contributed by atoms with Crippen LogP contribution in [0.3, 0.4) is 0 Å². The molecule has 0 fully saturated rings. The lowest BCUT2D eigenvalue weighted by Crippen LogP contribution is -2.27. The topological polar surface area (TPSA) is 106 Å². The van der Waals surface area contributed by atoms with Crippen LogP contribution in [0, 0.1) is 13.8 Å². The molecule has 2 N–H and O–H groups in total. The first kappa shape index (κ1) is 26.3. The van der Waals surface area contributed by atoms with E-state index in [0.717, 1.165) is 6.07 Å². The third kappa shape index (κ3) is 5.50. The minimum atomic E-state index is -3.42. The molecule has 0 atom stereocenters. The van der Waals surface area contributed by atoms with Gasteiger partial charge in [0.1, 0.15) is 17.3 Å². The average Bonchev–Trinajstić information content (AvgIpc) is 2.81. The highest BCUT2D eigenvalue weighted by molar-refractivity contribution is 6.36. The number of para-hydroxylation sites is 1. The van der Waals surface area contributed by atoms with Crippen LogP contribution in [0.15, 0.2) is 47.3 Å². The zero-order chi connectivity index (χ0) is 27.1. The molecule has 2 aromatic heterocycles. The molecule has 2 heterocycles. The second-order valence-corrected chi connectivity index (χ2v) is 9.07. The van der Waals surface area contributed by atoms with Gasteiger partial charge in [0.25, 0.3) is 11.5 Å². The molecule has 4 aromatic rings. The fourth-order valence-corrected chi connectivity index (χ4v) is 4.16. The van der Waals surface area contributed by atoms with Crippen LogP contribution >= 0.6 is 23.2 Å². The van der Waals surface area contributed by atoms with E-state index in [4.69, 9.17) is 27.9 Å². The van der Waals surface area contributed by atoms with Gasteiger partial charge in [0, 0.05) is 12.5 Å². The summed E-state index contributed by atoms with van der Waals surface area (Å²) in [6.45, 7) is 3.90. The Kier molecular flexibility index (Phi) is 7.07. The summed E-state index contributed by atoms with van der Waals surface area (Å²) < 4.78 is 33.2.